The largest absolute Gasteiger partial charge is 0.180 e. The van der Waals surface area contributed by atoms with Crippen molar-refractivity contribution in [1.29, 1.82) is 0 Å². The van der Waals surface area contributed by atoms with E-state index in [0.29, 0.717) is 0 Å². The summed E-state index contributed by atoms with van der Waals surface area (Å²) in [5, 5.41) is 0. The lowest BCUT2D eigenvalue weighted by molar-refractivity contribution is 0.753. The summed E-state index contributed by atoms with van der Waals surface area (Å²) < 4.78 is 56.3. The average Bonchev–Trinajstić information content (AvgIpc) is 4.24. The van der Waals surface area contributed by atoms with Crippen molar-refractivity contribution < 1.29 is 0 Å². The third-order valence-electron chi connectivity index (χ3n) is 12.8. The van der Waals surface area contributed by atoms with Crippen LogP contribution in [0, 0.1) is 0 Å². The number of alkyl halides is 9. The van der Waals surface area contributed by atoms with E-state index in [1.807, 2.05) is 0 Å². The Hall–Kier alpha value is -1.23. The minimum atomic E-state index is -0.750. The van der Waals surface area contributed by atoms with E-state index in [1.54, 1.807) is 0 Å². The second kappa shape index (κ2) is 21.3. The number of aromatic nitrogens is 12. The summed E-state index contributed by atoms with van der Waals surface area (Å²) in [5.41, 5.74) is 26.4. The Morgan fingerprint density at radius 2 is 0.405 bits per heavy atom. The number of halogens is 13. The SMILES string of the molecule is Brc1c2c(c(Br)c3nsnc13)C1c3cc4nsnc4cc3C2c2cc3nsnc3cc21.Brc1c2c(c(Br)c3nsnc13)C1c3cc4nsnc4cc3C2c2cc3nsnc3cc21.ClC(Cl)Cl.ClC(Cl)Cl.ClC(Cl)Cl. The molecule has 18 rings (SSSR count). The van der Waals surface area contributed by atoms with Gasteiger partial charge in [0.15, 0.2) is 12.9 Å². The molecule has 6 heterocycles. The average molecular weight is 1530 g/mol. The first-order valence-corrected chi connectivity index (χ1v) is 32.2. The summed E-state index contributed by atoms with van der Waals surface area (Å²) in [6.07, 6.45) is 0. The van der Waals surface area contributed by atoms with Gasteiger partial charge in [0, 0.05) is 23.7 Å². The Bertz CT molecular complexity index is 3540. The second-order valence-corrected chi connectivity index (χ2v) is 28.5. The lowest BCUT2D eigenvalue weighted by Gasteiger charge is -2.43. The standard InChI is InChI=1S/2C20H6Br2N6S3.3CHCl3/c2*21-17-15-13-5-1-9-10(24-29-23-9)2-6(5)14(16(15)18(22)20-19(17)27-31-28-20)8-4-12-11(3-7(8)13)25-30-26-12;3*2-1(3)4/h2*1-4,13-14H;3*1H. The van der Waals surface area contributed by atoms with Crippen LogP contribution in [0.3, 0.4) is 0 Å². The molecule has 0 atom stereocenters. The summed E-state index contributed by atoms with van der Waals surface area (Å²) in [6, 6.07) is 17.7. The quantitative estimate of drug-likeness (QED) is 0.133. The molecule has 0 saturated carbocycles. The van der Waals surface area contributed by atoms with Crippen LogP contribution in [0.2, 0.25) is 0 Å². The number of hydrogen-bond donors (Lipinski definition) is 0. The van der Waals surface area contributed by atoms with Gasteiger partial charge < -0.3 is 0 Å². The molecule has 6 aromatic heterocycles. The second-order valence-electron chi connectivity index (χ2n) is 16.2. The summed E-state index contributed by atoms with van der Waals surface area (Å²) in [7, 11) is 0. The van der Waals surface area contributed by atoms with Gasteiger partial charge in [0.2, 0.25) is 0 Å². The van der Waals surface area contributed by atoms with Crippen LogP contribution in [-0.4, -0.2) is 65.4 Å². The molecule has 0 spiro atoms. The molecular weight excluding hydrogens is 1520 g/mol. The zero-order chi connectivity index (χ0) is 51.6. The van der Waals surface area contributed by atoms with Crippen LogP contribution in [0.25, 0.3) is 66.2 Å². The van der Waals surface area contributed by atoms with Gasteiger partial charge in [-0.25, -0.2) is 0 Å². The highest BCUT2D eigenvalue weighted by atomic mass is 79.9. The van der Waals surface area contributed by atoms with E-state index in [1.165, 1.54) is 137 Å². The molecule has 0 N–H and O–H groups in total. The molecule has 6 aromatic carbocycles. The van der Waals surface area contributed by atoms with Crippen LogP contribution < -0.4 is 0 Å². The normalized spacial score (nSPS) is 17.1. The topological polar surface area (TPSA) is 155 Å². The molecule has 374 valence electrons. The van der Waals surface area contributed by atoms with Crippen molar-refractivity contribution in [3.63, 3.8) is 0 Å². The van der Waals surface area contributed by atoms with Gasteiger partial charge in [-0.1, -0.05) is 104 Å². The molecule has 6 aliphatic rings. The van der Waals surface area contributed by atoms with E-state index in [0.717, 1.165) is 84.1 Å². The molecule has 4 bridgehead atoms. The third kappa shape index (κ3) is 9.08. The molecule has 12 nitrogen and oxygen atoms in total. The first-order valence-electron chi connectivity index (χ1n) is 20.7. The van der Waals surface area contributed by atoms with Crippen LogP contribution in [0.1, 0.15) is 90.4 Å². The lowest BCUT2D eigenvalue weighted by Crippen LogP contribution is -2.28. The van der Waals surface area contributed by atoms with Crippen LogP contribution in [0.5, 0.6) is 0 Å². The van der Waals surface area contributed by atoms with Gasteiger partial charge in [0.25, 0.3) is 0 Å². The molecule has 74 heavy (non-hydrogen) atoms. The van der Waals surface area contributed by atoms with E-state index in [-0.39, 0.29) is 23.7 Å². The van der Waals surface area contributed by atoms with E-state index < -0.39 is 12.9 Å². The summed E-state index contributed by atoms with van der Waals surface area (Å²) in [4.78, 5) is 0. The Morgan fingerprint density at radius 3 is 0.554 bits per heavy atom. The number of fused-ring (bicyclic) bond motifs is 6. The highest BCUT2D eigenvalue weighted by Gasteiger charge is 2.47. The van der Waals surface area contributed by atoms with Gasteiger partial charge >= 0.3 is 0 Å². The molecule has 0 aliphatic heterocycles. The van der Waals surface area contributed by atoms with Crippen molar-refractivity contribution in [2.45, 2.75) is 36.6 Å². The predicted octanol–water partition coefficient (Wildman–Crippen LogP) is 18.4. The van der Waals surface area contributed by atoms with E-state index in [4.69, 9.17) is 104 Å². The maximum Gasteiger partial charge on any atom is 0.180 e. The van der Waals surface area contributed by atoms with Gasteiger partial charge in [-0.2, -0.15) is 52.5 Å². The maximum atomic E-state index is 4.81. The summed E-state index contributed by atoms with van der Waals surface area (Å²) >= 11 is 66.4. The van der Waals surface area contributed by atoms with Gasteiger partial charge in [-0.3, -0.25) is 0 Å². The van der Waals surface area contributed by atoms with Crippen LogP contribution >= 0.6 is 238 Å². The fraction of sp³-hybridized carbons (Fsp3) is 0.163. The van der Waals surface area contributed by atoms with Crippen molar-refractivity contribution in [2.75, 3.05) is 0 Å². The van der Waals surface area contributed by atoms with Gasteiger partial charge in [-0.15, -0.1) is 0 Å². The zero-order valence-corrected chi connectivity index (χ0v) is 53.4. The van der Waals surface area contributed by atoms with Crippen LogP contribution in [0.4, 0.5) is 0 Å². The first-order chi connectivity index (χ1) is 35.6. The molecule has 0 saturated heterocycles. The van der Waals surface area contributed by atoms with Crippen LogP contribution in [0.15, 0.2) is 66.4 Å². The molecule has 31 heteroatoms. The van der Waals surface area contributed by atoms with Crippen molar-refractivity contribution in [3.8, 4) is 0 Å². The number of benzene rings is 6. The molecule has 12 aromatic rings. The van der Waals surface area contributed by atoms with Gasteiger partial charge in [-0.05, 0) is 179 Å². The maximum absolute atomic E-state index is 4.81. The summed E-state index contributed by atoms with van der Waals surface area (Å²) in [5.74, 6) is 0.218. The number of rotatable bonds is 0. The van der Waals surface area contributed by atoms with Crippen molar-refractivity contribution in [1.82, 2.24) is 52.5 Å². The monoisotopic (exact) mass is 1520 g/mol. The van der Waals surface area contributed by atoms with Crippen molar-refractivity contribution in [3.05, 3.63) is 133 Å². The van der Waals surface area contributed by atoms with E-state index >= 15 is 0 Å². The Morgan fingerprint density at radius 1 is 0.270 bits per heavy atom. The fourth-order valence-electron chi connectivity index (χ4n) is 10.4. The Labute approximate surface area is 520 Å². The minimum absolute atomic E-state index is 0.0546. The van der Waals surface area contributed by atoms with Crippen LogP contribution in [-0.2, 0) is 0 Å². The van der Waals surface area contributed by atoms with Crippen molar-refractivity contribution in [2.24, 2.45) is 0 Å². The molecule has 0 unspecified atom stereocenters. The van der Waals surface area contributed by atoms with E-state index in [2.05, 4.69) is 165 Å². The van der Waals surface area contributed by atoms with E-state index in [9.17, 15) is 0 Å². The predicted molar refractivity (Wildman–Crippen MR) is 323 cm³/mol. The molecule has 0 radical (unpaired) electrons. The first kappa shape index (κ1) is 53.4. The highest BCUT2D eigenvalue weighted by Crippen LogP contribution is 2.63. The Kier molecular flexibility index (Phi) is 15.4. The smallest absolute Gasteiger partial charge is 0.173 e. The zero-order valence-electron chi connectivity index (χ0n) is 35.4. The highest BCUT2D eigenvalue weighted by molar-refractivity contribution is 9.11. The molecular formula is C43H15Br4Cl9N12S6. The fourth-order valence-corrected chi connectivity index (χ4v) is 16.9. The molecule has 0 fully saturated rings. The lowest BCUT2D eigenvalue weighted by atomic mass is 9.61. The molecule has 6 aliphatic carbocycles. The third-order valence-corrected chi connectivity index (χ3v) is 19.3. The van der Waals surface area contributed by atoms with Crippen molar-refractivity contribution >= 4 is 305 Å². The van der Waals surface area contributed by atoms with Gasteiger partial charge in [0.05, 0.1) is 88.3 Å². The van der Waals surface area contributed by atoms with Gasteiger partial charge in [0.1, 0.15) is 66.2 Å². The minimum Gasteiger partial charge on any atom is -0.173 e. The molecule has 0 amide bonds. The Balaban J connectivity index is 0.000000124. The number of hydrogen-bond acceptors (Lipinski definition) is 18. The number of nitrogens with zero attached hydrogens (tertiary/aromatic N) is 12. The summed E-state index contributed by atoms with van der Waals surface area (Å²) in [6.45, 7) is 0.